The number of hydrogen-bond donors (Lipinski definition) is 2. The van der Waals surface area contributed by atoms with Crippen LogP contribution in [0.3, 0.4) is 0 Å². The van der Waals surface area contributed by atoms with Crippen molar-refractivity contribution in [3.05, 3.63) is 24.3 Å². The van der Waals surface area contributed by atoms with Gasteiger partial charge in [-0.2, -0.15) is 0 Å². The van der Waals surface area contributed by atoms with Crippen molar-refractivity contribution >= 4 is 28.3 Å². The van der Waals surface area contributed by atoms with Gasteiger partial charge in [-0.05, 0) is 25.5 Å². The molecule has 25 heavy (non-hydrogen) atoms. The Bertz CT molecular complexity index is 747. The molecular formula is C17H22N4O3S. The second kappa shape index (κ2) is 8.57. The van der Waals surface area contributed by atoms with Gasteiger partial charge in [-0.25, -0.2) is 0 Å². The van der Waals surface area contributed by atoms with Crippen molar-refractivity contribution in [3.63, 3.8) is 0 Å². The Morgan fingerprint density at radius 3 is 2.68 bits per heavy atom. The normalized spacial score (nSPS) is 13.0. The van der Waals surface area contributed by atoms with Gasteiger partial charge >= 0.3 is 0 Å². The number of nitrogens with zero attached hydrogens (tertiary/aromatic N) is 2. The SMILES string of the molecule is CC[C@H](C)C(=O)N[C@H](C)C(=O)Nc1nnc(-c2cccc(OC)c2)s1. The van der Waals surface area contributed by atoms with Crippen molar-refractivity contribution in [1.29, 1.82) is 0 Å². The lowest BCUT2D eigenvalue weighted by Gasteiger charge is -2.15. The van der Waals surface area contributed by atoms with Gasteiger partial charge in [-0.3, -0.25) is 14.9 Å². The minimum absolute atomic E-state index is 0.128. The molecule has 1 aromatic carbocycles. The molecule has 0 aliphatic heterocycles. The third-order valence-electron chi connectivity index (χ3n) is 3.78. The first-order chi connectivity index (χ1) is 11.9. The molecule has 1 aromatic heterocycles. The number of methoxy groups -OCH3 is 1. The molecule has 134 valence electrons. The molecular weight excluding hydrogens is 340 g/mol. The second-order valence-electron chi connectivity index (χ2n) is 5.67. The van der Waals surface area contributed by atoms with Crippen LogP contribution < -0.4 is 15.4 Å². The molecule has 0 saturated heterocycles. The van der Waals surface area contributed by atoms with Gasteiger partial charge in [0.1, 0.15) is 16.8 Å². The first kappa shape index (κ1) is 18.9. The van der Waals surface area contributed by atoms with Gasteiger partial charge in [-0.1, -0.05) is 37.3 Å². The van der Waals surface area contributed by atoms with Gasteiger partial charge in [0.15, 0.2) is 0 Å². The van der Waals surface area contributed by atoms with Gasteiger partial charge in [0.05, 0.1) is 7.11 Å². The lowest BCUT2D eigenvalue weighted by atomic mass is 10.1. The van der Waals surface area contributed by atoms with E-state index < -0.39 is 6.04 Å². The third kappa shape index (κ3) is 4.99. The van der Waals surface area contributed by atoms with E-state index in [-0.39, 0.29) is 17.7 Å². The van der Waals surface area contributed by atoms with Crippen LogP contribution in [0, 0.1) is 5.92 Å². The van der Waals surface area contributed by atoms with Crippen LogP contribution in [0.5, 0.6) is 5.75 Å². The van der Waals surface area contributed by atoms with Crippen molar-refractivity contribution in [2.45, 2.75) is 33.2 Å². The number of carbonyl (C=O) groups is 2. The summed E-state index contributed by atoms with van der Waals surface area (Å²) in [6, 6.07) is 6.80. The van der Waals surface area contributed by atoms with Crippen molar-refractivity contribution < 1.29 is 14.3 Å². The fourth-order valence-corrected chi connectivity index (χ4v) is 2.71. The van der Waals surface area contributed by atoms with Crippen LogP contribution >= 0.6 is 11.3 Å². The predicted octanol–water partition coefficient (Wildman–Crippen LogP) is 2.70. The Morgan fingerprint density at radius 2 is 2.00 bits per heavy atom. The maximum Gasteiger partial charge on any atom is 0.248 e. The minimum Gasteiger partial charge on any atom is -0.497 e. The maximum atomic E-state index is 12.2. The summed E-state index contributed by atoms with van der Waals surface area (Å²) in [4.78, 5) is 24.1. The lowest BCUT2D eigenvalue weighted by molar-refractivity contribution is -0.128. The standard InChI is InChI=1S/C17H22N4O3S/c1-5-10(2)14(22)18-11(3)15(23)19-17-21-20-16(25-17)12-7-6-8-13(9-12)24-4/h6-11H,5H2,1-4H3,(H,18,22)(H,19,21,23)/t10-,11+/m0/s1. The van der Waals surface area contributed by atoms with E-state index in [0.29, 0.717) is 10.1 Å². The molecule has 1 heterocycles. The van der Waals surface area contributed by atoms with Crippen LogP contribution in [0.1, 0.15) is 27.2 Å². The molecule has 2 aromatic rings. The van der Waals surface area contributed by atoms with E-state index in [9.17, 15) is 9.59 Å². The van der Waals surface area contributed by atoms with E-state index in [1.807, 2.05) is 38.1 Å². The van der Waals surface area contributed by atoms with Crippen LogP contribution in [0.2, 0.25) is 0 Å². The predicted molar refractivity (Wildman–Crippen MR) is 97.6 cm³/mol. The molecule has 0 fully saturated rings. The number of amides is 2. The van der Waals surface area contributed by atoms with E-state index in [1.165, 1.54) is 11.3 Å². The molecule has 0 aliphatic carbocycles. The molecule has 2 atom stereocenters. The summed E-state index contributed by atoms with van der Waals surface area (Å²) < 4.78 is 5.19. The number of hydrogen-bond acceptors (Lipinski definition) is 6. The van der Waals surface area contributed by atoms with Crippen molar-refractivity contribution in [2.24, 2.45) is 5.92 Å². The molecule has 7 nitrogen and oxygen atoms in total. The molecule has 2 rings (SSSR count). The maximum absolute atomic E-state index is 12.2. The van der Waals surface area contributed by atoms with E-state index in [1.54, 1.807) is 14.0 Å². The smallest absolute Gasteiger partial charge is 0.248 e. The number of anilines is 1. The quantitative estimate of drug-likeness (QED) is 0.790. The van der Waals surface area contributed by atoms with Crippen LogP contribution in [-0.4, -0.2) is 35.2 Å². The molecule has 2 amide bonds. The summed E-state index contributed by atoms with van der Waals surface area (Å²) in [5.74, 6) is 0.126. The highest BCUT2D eigenvalue weighted by Gasteiger charge is 2.20. The average molecular weight is 362 g/mol. The summed E-state index contributed by atoms with van der Waals surface area (Å²) in [5, 5.41) is 14.5. The van der Waals surface area contributed by atoms with Crippen LogP contribution in [-0.2, 0) is 9.59 Å². The number of aromatic nitrogens is 2. The van der Waals surface area contributed by atoms with E-state index in [2.05, 4.69) is 20.8 Å². The topological polar surface area (TPSA) is 93.2 Å². The molecule has 8 heteroatoms. The largest absolute Gasteiger partial charge is 0.497 e. The van der Waals surface area contributed by atoms with E-state index in [0.717, 1.165) is 17.7 Å². The van der Waals surface area contributed by atoms with Gasteiger partial charge < -0.3 is 10.1 Å². The Kier molecular flexibility index (Phi) is 6.46. The molecule has 0 aliphatic rings. The highest BCUT2D eigenvalue weighted by atomic mass is 32.1. The fraction of sp³-hybridized carbons (Fsp3) is 0.412. The number of ether oxygens (including phenoxy) is 1. The summed E-state index contributed by atoms with van der Waals surface area (Å²) >= 11 is 1.26. The van der Waals surface area contributed by atoms with Crippen molar-refractivity contribution in [2.75, 3.05) is 12.4 Å². The second-order valence-corrected chi connectivity index (χ2v) is 6.65. The van der Waals surface area contributed by atoms with Crippen LogP contribution in [0.4, 0.5) is 5.13 Å². The van der Waals surface area contributed by atoms with Crippen molar-refractivity contribution in [1.82, 2.24) is 15.5 Å². The van der Waals surface area contributed by atoms with Crippen molar-refractivity contribution in [3.8, 4) is 16.3 Å². The average Bonchev–Trinajstić information content (AvgIpc) is 3.09. The Balaban J connectivity index is 2.00. The molecule has 0 bridgehead atoms. The van der Waals surface area contributed by atoms with E-state index >= 15 is 0 Å². The summed E-state index contributed by atoms with van der Waals surface area (Å²) in [6.45, 7) is 5.39. The zero-order valence-corrected chi connectivity index (χ0v) is 15.5. The Morgan fingerprint density at radius 1 is 1.24 bits per heavy atom. The summed E-state index contributed by atoms with van der Waals surface area (Å²) in [7, 11) is 1.60. The first-order valence-electron chi connectivity index (χ1n) is 8.03. The van der Waals surface area contributed by atoms with Crippen LogP contribution in [0.25, 0.3) is 10.6 Å². The summed E-state index contributed by atoms with van der Waals surface area (Å²) in [5.41, 5.74) is 0.857. The Hall–Kier alpha value is -2.48. The van der Waals surface area contributed by atoms with Gasteiger partial charge in [-0.15, -0.1) is 10.2 Å². The number of benzene rings is 1. The third-order valence-corrected chi connectivity index (χ3v) is 4.67. The van der Waals surface area contributed by atoms with Gasteiger partial charge in [0.25, 0.3) is 0 Å². The molecule has 0 radical (unpaired) electrons. The molecule has 0 saturated carbocycles. The minimum atomic E-state index is -0.648. The van der Waals surface area contributed by atoms with Crippen LogP contribution in [0.15, 0.2) is 24.3 Å². The number of rotatable bonds is 7. The number of carbonyl (C=O) groups excluding carboxylic acids is 2. The number of nitrogens with one attached hydrogen (secondary N) is 2. The Labute approximate surface area is 150 Å². The first-order valence-corrected chi connectivity index (χ1v) is 8.85. The highest BCUT2D eigenvalue weighted by Crippen LogP contribution is 2.28. The van der Waals surface area contributed by atoms with Gasteiger partial charge in [0.2, 0.25) is 16.9 Å². The lowest BCUT2D eigenvalue weighted by Crippen LogP contribution is -2.43. The fourth-order valence-electron chi connectivity index (χ4n) is 1.97. The summed E-state index contributed by atoms with van der Waals surface area (Å²) in [6.07, 6.45) is 0.723. The highest BCUT2D eigenvalue weighted by molar-refractivity contribution is 7.18. The van der Waals surface area contributed by atoms with E-state index in [4.69, 9.17) is 4.74 Å². The molecule has 0 unspecified atom stereocenters. The molecule has 0 spiro atoms. The zero-order valence-electron chi connectivity index (χ0n) is 14.7. The monoisotopic (exact) mass is 362 g/mol. The van der Waals surface area contributed by atoms with Gasteiger partial charge in [0, 0.05) is 11.5 Å². The zero-order chi connectivity index (χ0) is 18.4. The molecule has 2 N–H and O–H groups in total.